The van der Waals surface area contributed by atoms with Gasteiger partial charge in [-0.05, 0) is 25.5 Å². The monoisotopic (exact) mass is 539 g/mol. The maximum Gasteiger partial charge on any atom is 0.218 e. The van der Waals surface area contributed by atoms with Gasteiger partial charge in [0, 0.05) is 44.0 Å². The van der Waals surface area contributed by atoms with Crippen LogP contribution >= 0.6 is 24.0 Å². The number of hydrogen-bond acceptors (Lipinski definition) is 5. The lowest BCUT2D eigenvalue weighted by Gasteiger charge is -2.32. The molecule has 31 heavy (non-hydrogen) atoms. The molecule has 1 aromatic carbocycles. The number of ether oxygens (including phenoxy) is 2. The van der Waals surface area contributed by atoms with Crippen LogP contribution in [0.5, 0.6) is 5.88 Å². The van der Waals surface area contributed by atoms with E-state index >= 15 is 0 Å². The Morgan fingerprint density at radius 3 is 2.68 bits per heavy atom. The molecule has 0 radical (unpaired) electrons. The van der Waals surface area contributed by atoms with Crippen molar-refractivity contribution in [3.05, 3.63) is 59.8 Å². The molecule has 170 valence electrons. The first-order chi connectivity index (χ1) is 14.8. The SMILES string of the molecule is CCNC(=NCc1cccnc1OCc1ccccc1)NCC(C)N1CCOCC1.I. The quantitative estimate of drug-likeness (QED) is 0.290. The van der Waals surface area contributed by atoms with Crippen LogP contribution < -0.4 is 15.4 Å². The second-order valence-electron chi connectivity index (χ2n) is 7.32. The van der Waals surface area contributed by atoms with E-state index in [1.54, 1.807) is 6.20 Å². The molecular weight excluding hydrogens is 505 g/mol. The van der Waals surface area contributed by atoms with Gasteiger partial charge in [0.1, 0.15) is 6.61 Å². The number of morpholine rings is 1. The minimum atomic E-state index is 0. The Kier molecular flexibility index (Phi) is 11.6. The fourth-order valence-corrected chi connectivity index (χ4v) is 3.30. The zero-order valence-corrected chi connectivity index (χ0v) is 20.7. The third kappa shape index (κ3) is 8.62. The Labute approximate surface area is 202 Å². The van der Waals surface area contributed by atoms with E-state index in [1.165, 1.54) is 0 Å². The minimum Gasteiger partial charge on any atom is -0.473 e. The number of nitrogens with one attached hydrogen (secondary N) is 2. The van der Waals surface area contributed by atoms with Gasteiger partial charge in [0.05, 0.1) is 19.8 Å². The molecule has 3 rings (SSSR count). The van der Waals surface area contributed by atoms with Crippen molar-refractivity contribution in [1.29, 1.82) is 0 Å². The van der Waals surface area contributed by atoms with Crippen LogP contribution in [0.1, 0.15) is 25.0 Å². The first kappa shape index (κ1) is 25.4. The molecule has 1 aliphatic rings. The molecule has 0 spiro atoms. The van der Waals surface area contributed by atoms with E-state index in [-0.39, 0.29) is 24.0 Å². The fourth-order valence-electron chi connectivity index (χ4n) is 3.30. The van der Waals surface area contributed by atoms with E-state index in [0.717, 1.165) is 56.5 Å². The highest BCUT2D eigenvalue weighted by Crippen LogP contribution is 2.17. The maximum absolute atomic E-state index is 5.95. The van der Waals surface area contributed by atoms with Crippen molar-refractivity contribution in [3.8, 4) is 5.88 Å². The molecule has 0 saturated carbocycles. The van der Waals surface area contributed by atoms with Crippen LogP contribution in [0, 0.1) is 0 Å². The lowest BCUT2D eigenvalue weighted by atomic mass is 10.2. The molecule has 1 unspecified atom stereocenters. The fraction of sp³-hybridized carbons (Fsp3) is 0.478. The van der Waals surface area contributed by atoms with Crippen molar-refractivity contribution in [2.24, 2.45) is 4.99 Å². The molecule has 2 N–H and O–H groups in total. The highest BCUT2D eigenvalue weighted by atomic mass is 127. The molecule has 1 fully saturated rings. The number of hydrogen-bond donors (Lipinski definition) is 2. The molecule has 0 aliphatic carbocycles. The summed E-state index contributed by atoms with van der Waals surface area (Å²) in [6.07, 6.45) is 1.75. The standard InChI is InChI=1S/C23H33N5O2.HI/c1-3-24-23(26-16-19(2)28-12-14-29-15-13-28)27-17-21-10-7-11-25-22(21)30-18-20-8-5-4-6-9-20;/h4-11,19H,3,12-18H2,1-2H3,(H2,24,26,27);1H. The minimum absolute atomic E-state index is 0. The molecule has 1 saturated heterocycles. The summed E-state index contributed by atoms with van der Waals surface area (Å²) >= 11 is 0. The number of pyridine rings is 1. The van der Waals surface area contributed by atoms with E-state index in [1.807, 2.05) is 42.5 Å². The summed E-state index contributed by atoms with van der Waals surface area (Å²) in [5, 5.41) is 6.78. The number of halogens is 1. The average Bonchev–Trinajstić information content (AvgIpc) is 2.81. The number of aromatic nitrogens is 1. The summed E-state index contributed by atoms with van der Waals surface area (Å²) in [4.78, 5) is 11.6. The summed E-state index contributed by atoms with van der Waals surface area (Å²) in [5.74, 6) is 1.43. The molecule has 8 heteroatoms. The average molecular weight is 539 g/mol. The van der Waals surface area contributed by atoms with Crippen molar-refractivity contribution in [1.82, 2.24) is 20.5 Å². The zero-order chi connectivity index (χ0) is 21.0. The van der Waals surface area contributed by atoms with Gasteiger partial charge in [-0.3, -0.25) is 4.90 Å². The summed E-state index contributed by atoms with van der Waals surface area (Å²) in [5.41, 5.74) is 2.08. The van der Waals surface area contributed by atoms with Gasteiger partial charge in [0.15, 0.2) is 5.96 Å². The van der Waals surface area contributed by atoms with Gasteiger partial charge in [-0.25, -0.2) is 9.98 Å². The van der Waals surface area contributed by atoms with Gasteiger partial charge < -0.3 is 20.1 Å². The van der Waals surface area contributed by atoms with Gasteiger partial charge in [0.2, 0.25) is 5.88 Å². The van der Waals surface area contributed by atoms with Crippen LogP contribution in [0.15, 0.2) is 53.7 Å². The van der Waals surface area contributed by atoms with E-state index in [0.29, 0.717) is 25.1 Å². The molecule has 2 aromatic rings. The number of nitrogens with zero attached hydrogens (tertiary/aromatic N) is 3. The van der Waals surface area contributed by atoms with Crippen LogP contribution in [-0.4, -0.2) is 61.3 Å². The summed E-state index contributed by atoms with van der Waals surface area (Å²) < 4.78 is 11.4. The van der Waals surface area contributed by atoms with Crippen molar-refractivity contribution in [2.75, 3.05) is 39.4 Å². The largest absolute Gasteiger partial charge is 0.473 e. The normalized spacial score (nSPS) is 15.6. The van der Waals surface area contributed by atoms with Gasteiger partial charge in [0.25, 0.3) is 0 Å². The Balaban J connectivity index is 0.00000341. The van der Waals surface area contributed by atoms with Gasteiger partial charge in [-0.1, -0.05) is 36.4 Å². The van der Waals surface area contributed by atoms with Crippen LogP contribution in [0.2, 0.25) is 0 Å². The van der Waals surface area contributed by atoms with Crippen LogP contribution in [0.25, 0.3) is 0 Å². The molecule has 1 aliphatic heterocycles. The highest BCUT2D eigenvalue weighted by Gasteiger charge is 2.17. The highest BCUT2D eigenvalue weighted by molar-refractivity contribution is 14.0. The molecule has 0 bridgehead atoms. The van der Waals surface area contributed by atoms with E-state index in [4.69, 9.17) is 14.5 Å². The Bertz CT molecular complexity index is 785. The van der Waals surface area contributed by atoms with Crippen LogP contribution in [0.3, 0.4) is 0 Å². The predicted molar refractivity (Wildman–Crippen MR) is 135 cm³/mol. The second-order valence-corrected chi connectivity index (χ2v) is 7.32. The first-order valence-corrected chi connectivity index (χ1v) is 10.7. The van der Waals surface area contributed by atoms with Crippen molar-refractivity contribution < 1.29 is 9.47 Å². The van der Waals surface area contributed by atoms with E-state index < -0.39 is 0 Å². The topological polar surface area (TPSA) is 71.0 Å². The maximum atomic E-state index is 5.95. The van der Waals surface area contributed by atoms with Gasteiger partial charge in [-0.15, -0.1) is 24.0 Å². The van der Waals surface area contributed by atoms with Crippen molar-refractivity contribution in [3.63, 3.8) is 0 Å². The third-order valence-electron chi connectivity index (χ3n) is 5.05. The smallest absolute Gasteiger partial charge is 0.218 e. The first-order valence-electron chi connectivity index (χ1n) is 10.7. The van der Waals surface area contributed by atoms with E-state index in [9.17, 15) is 0 Å². The molecule has 1 atom stereocenters. The second kappa shape index (κ2) is 14.2. The zero-order valence-electron chi connectivity index (χ0n) is 18.4. The predicted octanol–water partition coefficient (Wildman–Crippen LogP) is 3.05. The van der Waals surface area contributed by atoms with Gasteiger partial charge >= 0.3 is 0 Å². The molecule has 2 heterocycles. The summed E-state index contributed by atoms with van der Waals surface area (Å²) in [6.45, 7) is 10.5. The molecule has 1 aromatic heterocycles. The van der Waals surface area contributed by atoms with Crippen molar-refractivity contribution in [2.45, 2.75) is 33.0 Å². The number of aliphatic imine (C=N–C) groups is 1. The number of guanidine groups is 1. The Morgan fingerprint density at radius 2 is 1.94 bits per heavy atom. The lowest BCUT2D eigenvalue weighted by molar-refractivity contribution is 0.0211. The molecule has 0 amide bonds. The van der Waals surface area contributed by atoms with Gasteiger partial charge in [-0.2, -0.15) is 0 Å². The Morgan fingerprint density at radius 1 is 1.16 bits per heavy atom. The Hall–Kier alpha value is -1.91. The number of rotatable bonds is 9. The van der Waals surface area contributed by atoms with Crippen LogP contribution in [-0.2, 0) is 17.9 Å². The van der Waals surface area contributed by atoms with Crippen molar-refractivity contribution >= 4 is 29.9 Å². The number of benzene rings is 1. The lowest BCUT2D eigenvalue weighted by Crippen LogP contribution is -2.49. The van der Waals surface area contributed by atoms with Crippen LogP contribution in [0.4, 0.5) is 0 Å². The molecular formula is C23H34IN5O2. The third-order valence-corrected chi connectivity index (χ3v) is 5.05. The molecule has 7 nitrogen and oxygen atoms in total. The summed E-state index contributed by atoms with van der Waals surface area (Å²) in [7, 11) is 0. The summed E-state index contributed by atoms with van der Waals surface area (Å²) in [6, 6.07) is 14.5. The van der Waals surface area contributed by atoms with E-state index in [2.05, 4.69) is 34.4 Å².